The van der Waals surface area contributed by atoms with Crippen molar-refractivity contribution in [1.29, 1.82) is 0 Å². The molecule has 0 unspecified atom stereocenters. The summed E-state index contributed by atoms with van der Waals surface area (Å²) in [6, 6.07) is -0.0294. The van der Waals surface area contributed by atoms with Crippen LogP contribution in [0.1, 0.15) is 0 Å². The lowest BCUT2D eigenvalue weighted by Crippen LogP contribution is -2.40. The van der Waals surface area contributed by atoms with Gasteiger partial charge in [0.1, 0.15) is 6.73 Å². The summed E-state index contributed by atoms with van der Waals surface area (Å²) in [4.78, 5) is 14.4. The fourth-order valence-electron chi connectivity index (χ4n) is 0.687. The van der Waals surface area contributed by atoms with Gasteiger partial charge in [-0.15, -0.1) is 0 Å². The van der Waals surface area contributed by atoms with Gasteiger partial charge >= 0.3 is 6.03 Å². The van der Waals surface area contributed by atoms with E-state index in [2.05, 4.69) is 19.6 Å². The van der Waals surface area contributed by atoms with Gasteiger partial charge in [0.05, 0.1) is 0 Å². The molecule has 0 heterocycles. The van der Waals surface area contributed by atoms with Crippen LogP contribution in [0.3, 0.4) is 0 Å². The molecule has 0 saturated heterocycles. The number of hydrogen-bond donors (Lipinski definition) is 0. The van der Waals surface area contributed by atoms with Crippen molar-refractivity contribution < 1.29 is 9.22 Å². The second-order valence-electron chi connectivity index (χ2n) is 4.26. The van der Waals surface area contributed by atoms with Crippen molar-refractivity contribution in [1.82, 2.24) is 9.80 Å². The minimum Gasteiger partial charge on any atom is -0.400 e. The van der Waals surface area contributed by atoms with Crippen LogP contribution in [0.2, 0.25) is 19.6 Å². The van der Waals surface area contributed by atoms with E-state index in [4.69, 9.17) is 4.43 Å². The molecule has 0 saturated carbocycles. The van der Waals surface area contributed by atoms with Gasteiger partial charge in [-0.25, -0.2) is 4.79 Å². The Kier molecular flexibility index (Phi) is 4.42. The summed E-state index contributed by atoms with van der Waals surface area (Å²) in [7, 11) is 3.68. The van der Waals surface area contributed by atoms with E-state index in [0.29, 0.717) is 6.73 Å². The fourth-order valence-corrected chi connectivity index (χ4v) is 1.27. The third-order valence-corrected chi connectivity index (χ3v) is 2.40. The summed E-state index contributed by atoms with van der Waals surface area (Å²) in [5.41, 5.74) is 0. The molecule has 4 nitrogen and oxygen atoms in total. The van der Waals surface area contributed by atoms with E-state index in [1.165, 1.54) is 4.90 Å². The van der Waals surface area contributed by atoms with Crippen LogP contribution in [0.4, 0.5) is 4.79 Å². The molecule has 78 valence electrons. The van der Waals surface area contributed by atoms with Crippen LogP contribution in [0.15, 0.2) is 0 Å². The first-order chi connectivity index (χ1) is 5.74. The van der Waals surface area contributed by atoms with Crippen LogP contribution in [-0.4, -0.2) is 52.0 Å². The molecular formula is C8H20N2O2Si. The molecule has 0 aliphatic carbocycles. The summed E-state index contributed by atoms with van der Waals surface area (Å²) >= 11 is 0. The lowest BCUT2D eigenvalue weighted by atomic mass is 10.7. The third kappa shape index (κ3) is 5.65. The molecule has 0 radical (unpaired) electrons. The highest BCUT2D eigenvalue weighted by Gasteiger charge is 2.17. The first-order valence-electron chi connectivity index (χ1n) is 4.30. The van der Waals surface area contributed by atoms with Crippen molar-refractivity contribution in [2.24, 2.45) is 0 Å². The Labute approximate surface area is 81.6 Å². The van der Waals surface area contributed by atoms with Crippen LogP contribution in [0.25, 0.3) is 0 Å². The molecule has 0 N–H and O–H groups in total. The van der Waals surface area contributed by atoms with Crippen molar-refractivity contribution >= 4 is 14.3 Å². The standard InChI is InChI=1S/C8H20N2O2Si/c1-9(2)8(11)10(3)7-12-13(4,5)6/h7H2,1-6H3. The molecule has 0 rings (SSSR count). The van der Waals surface area contributed by atoms with Crippen LogP contribution in [0, 0.1) is 0 Å². The van der Waals surface area contributed by atoms with Crippen LogP contribution in [0.5, 0.6) is 0 Å². The molecule has 0 aromatic carbocycles. The maximum atomic E-state index is 11.3. The Morgan fingerprint density at radius 1 is 1.23 bits per heavy atom. The van der Waals surface area contributed by atoms with Crippen LogP contribution in [-0.2, 0) is 4.43 Å². The zero-order chi connectivity index (χ0) is 10.6. The summed E-state index contributed by atoms with van der Waals surface area (Å²) < 4.78 is 5.58. The molecule has 0 spiro atoms. The highest BCUT2D eigenvalue weighted by Crippen LogP contribution is 2.03. The van der Waals surface area contributed by atoms with Gasteiger partial charge in [0.15, 0.2) is 8.32 Å². The van der Waals surface area contributed by atoms with Gasteiger partial charge in [-0.1, -0.05) is 0 Å². The predicted octanol–water partition coefficient (Wildman–Crippen LogP) is 1.41. The second-order valence-corrected chi connectivity index (χ2v) is 8.77. The Morgan fingerprint density at radius 2 is 1.69 bits per heavy atom. The molecule has 0 fully saturated rings. The van der Waals surface area contributed by atoms with Gasteiger partial charge in [-0.05, 0) is 19.6 Å². The van der Waals surface area contributed by atoms with Gasteiger partial charge in [-0.2, -0.15) is 0 Å². The smallest absolute Gasteiger partial charge is 0.321 e. The van der Waals surface area contributed by atoms with Gasteiger partial charge < -0.3 is 14.2 Å². The highest BCUT2D eigenvalue weighted by molar-refractivity contribution is 6.69. The maximum absolute atomic E-state index is 11.3. The average Bonchev–Trinajstić information content (AvgIpc) is 1.97. The number of urea groups is 1. The largest absolute Gasteiger partial charge is 0.400 e. The van der Waals surface area contributed by atoms with Crippen LogP contribution >= 0.6 is 0 Å². The van der Waals surface area contributed by atoms with E-state index in [1.807, 2.05) is 0 Å². The van der Waals surface area contributed by atoms with Crippen molar-refractivity contribution in [2.75, 3.05) is 27.9 Å². The number of carbonyl (C=O) groups is 1. The zero-order valence-corrected chi connectivity index (χ0v) is 10.4. The zero-order valence-electron chi connectivity index (χ0n) is 9.42. The molecule has 0 aliphatic heterocycles. The van der Waals surface area contributed by atoms with Crippen molar-refractivity contribution in [2.45, 2.75) is 19.6 Å². The molecule has 0 bridgehead atoms. The van der Waals surface area contributed by atoms with Gasteiger partial charge in [0.25, 0.3) is 0 Å². The number of amides is 2. The summed E-state index contributed by atoms with van der Waals surface area (Å²) in [5, 5.41) is 0. The number of nitrogens with zero attached hydrogens (tertiary/aromatic N) is 2. The first-order valence-corrected chi connectivity index (χ1v) is 7.71. The second kappa shape index (κ2) is 4.62. The van der Waals surface area contributed by atoms with E-state index in [0.717, 1.165) is 0 Å². The Bertz CT molecular complexity index is 177. The normalized spacial score (nSPS) is 11.2. The molecule has 0 atom stereocenters. The predicted molar refractivity (Wildman–Crippen MR) is 56.1 cm³/mol. The monoisotopic (exact) mass is 204 g/mol. The maximum Gasteiger partial charge on any atom is 0.321 e. The molecular weight excluding hydrogens is 184 g/mol. The topological polar surface area (TPSA) is 32.8 Å². The van der Waals surface area contributed by atoms with E-state index < -0.39 is 8.32 Å². The summed E-state index contributed by atoms with van der Waals surface area (Å²) in [6.07, 6.45) is 0. The molecule has 0 aliphatic rings. The van der Waals surface area contributed by atoms with E-state index in [-0.39, 0.29) is 6.03 Å². The average molecular weight is 204 g/mol. The first kappa shape index (κ1) is 12.4. The number of rotatable bonds is 3. The fraction of sp³-hybridized carbons (Fsp3) is 0.875. The van der Waals surface area contributed by atoms with E-state index in [9.17, 15) is 4.79 Å². The highest BCUT2D eigenvalue weighted by atomic mass is 28.4. The Balaban J connectivity index is 3.88. The molecule has 5 heteroatoms. The lowest BCUT2D eigenvalue weighted by molar-refractivity contribution is 0.131. The summed E-state index contributed by atoms with van der Waals surface area (Å²) in [5.74, 6) is 0. The molecule has 2 amide bonds. The number of carbonyl (C=O) groups excluding carboxylic acids is 1. The number of hydrogen-bond acceptors (Lipinski definition) is 2. The van der Waals surface area contributed by atoms with E-state index in [1.54, 1.807) is 26.0 Å². The van der Waals surface area contributed by atoms with Crippen molar-refractivity contribution in [3.05, 3.63) is 0 Å². The molecule has 13 heavy (non-hydrogen) atoms. The quantitative estimate of drug-likeness (QED) is 0.514. The third-order valence-electron chi connectivity index (χ3n) is 1.40. The summed E-state index contributed by atoms with van der Waals surface area (Å²) in [6.45, 7) is 6.68. The Morgan fingerprint density at radius 3 is 2.00 bits per heavy atom. The molecule has 0 aromatic rings. The van der Waals surface area contributed by atoms with Gasteiger partial charge in [0.2, 0.25) is 0 Å². The van der Waals surface area contributed by atoms with Gasteiger partial charge in [-0.3, -0.25) is 0 Å². The SMILES string of the molecule is CN(C)C(=O)N(C)CO[Si](C)(C)C. The Hall–Kier alpha value is -0.553. The van der Waals surface area contributed by atoms with Crippen molar-refractivity contribution in [3.8, 4) is 0 Å². The molecule has 0 aromatic heterocycles. The van der Waals surface area contributed by atoms with Crippen molar-refractivity contribution in [3.63, 3.8) is 0 Å². The van der Waals surface area contributed by atoms with Crippen LogP contribution < -0.4 is 0 Å². The van der Waals surface area contributed by atoms with E-state index >= 15 is 0 Å². The minimum absolute atomic E-state index is 0.0294. The lowest BCUT2D eigenvalue weighted by Gasteiger charge is -2.25. The minimum atomic E-state index is -1.51. The van der Waals surface area contributed by atoms with Gasteiger partial charge in [0, 0.05) is 21.1 Å².